The van der Waals surface area contributed by atoms with Gasteiger partial charge in [-0.25, -0.2) is 13.4 Å². The number of ether oxygens (including phenoxy) is 2. The molecule has 0 radical (unpaired) electrons. The average Bonchev–Trinajstić information content (AvgIpc) is 3.65. The number of nitrogens with one attached hydrogen (secondary N) is 1. The highest BCUT2D eigenvalue weighted by Gasteiger charge is 2.34. The van der Waals surface area contributed by atoms with Gasteiger partial charge in [-0.2, -0.15) is 0 Å². The van der Waals surface area contributed by atoms with Gasteiger partial charge in [-0.1, -0.05) is 12.1 Å². The molecule has 0 amide bonds. The number of furan rings is 1. The van der Waals surface area contributed by atoms with Gasteiger partial charge in [-0.3, -0.25) is 9.29 Å². The zero-order chi connectivity index (χ0) is 27.0. The number of aliphatic hydroxyl groups is 1. The standard InChI is InChI=1S/C25H26N6O6S/c1-15-11-12-20(37-15)24-27-28-25(31(24)22-18(35-3)9-7-10-19(22)36-4)29-38(33,34)16(2)23(32)21-17-8-5-6-13-30(17)14-26-21/h5-14,16,23,32H,1-4H3,(H,28,29)/t16-,23+/m1/s1. The second kappa shape index (κ2) is 9.84. The number of nitrogens with zero attached hydrogens (tertiary/aromatic N) is 5. The molecule has 0 aliphatic heterocycles. The molecule has 0 fully saturated rings. The lowest BCUT2D eigenvalue weighted by atomic mass is 10.2. The van der Waals surface area contributed by atoms with Crippen molar-refractivity contribution in [2.24, 2.45) is 0 Å². The number of benzene rings is 1. The molecule has 2 atom stereocenters. The van der Waals surface area contributed by atoms with E-state index in [9.17, 15) is 13.5 Å². The Morgan fingerprint density at radius 1 is 1.03 bits per heavy atom. The monoisotopic (exact) mass is 538 g/mol. The van der Waals surface area contributed by atoms with Gasteiger partial charge >= 0.3 is 0 Å². The molecule has 0 bridgehead atoms. The van der Waals surface area contributed by atoms with Crippen molar-refractivity contribution in [3.05, 3.63) is 72.5 Å². The van der Waals surface area contributed by atoms with Crippen LogP contribution in [0.4, 0.5) is 5.95 Å². The Kier molecular flexibility index (Phi) is 6.55. The Balaban J connectivity index is 1.59. The van der Waals surface area contributed by atoms with Gasteiger partial charge in [0.25, 0.3) is 0 Å². The third-order valence-electron chi connectivity index (χ3n) is 6.17. The lowest BCUT2D eigenvalue weighted by Gasteiger charge is -2.20. The summed E-state index contributed by atoms with van der Waals surface area (Å²) in [6.45, 7) is 3.17. The number of hydrogen-bond donors (Lipinski definition) is 2. The van der Waals surface area contributed by atoms with E-state index in [0.29, 0.717) is 34.2 Å². The van der Waals surface area contributed by atoms with Crippen LogP contribution in [0.5, 0.6) is 11.5 Å². The summed E-state index contributed by atoms with van der Waals surface area (Å²) in [6.07, 6.45) is 1.85. The topological polar surface area (TPSA) is 146 Å². The second-order valence-electron chi connectivity index (χ2n) is 8.52. The number of imidazole rings is 1. The van der Waals surface area contributed by atoms with E-state index in [-0.39, 0.29) is 17.5 Å². The van der Waals surface area contributed by atoms with E-state index >= 15 is 0 Å². The Morgan fingerprint density at radius 3 is 2.42 bits per heavy atom. The number of methoxy groups -OCH3 is 2. The van der Waals surface area contributed by atoms with Gasteiger partial charge in [0.15, 0.2) is 5.76 Å². The Labute approximate surface area is 218 Å². The second-order valence-corrected chi connectivity index (χ2v) is 10.6. The van der Waals surface area contributed by atoms with E-state index in [1.165, 1.54) is 32.0 Å². The molecule has 198 valence electrons. The average molecular weight is 539 g/mol. The normalized spacial score (nSPS) is 13.4. The van der Waals surface area contributed by atoms with E-state index < -0.39 is 21.4 Å². The summed E-state index contributed by atoms with van der Waals surface area (Å²) in [5, 5.41) is 18.1. The highest BCUT2D eigenvalue weighted by Crippen LogP contribution is 2.38. The minimum absolute atomic E-state index is 0.148. The Hall–Kier alpha value is -4.36. The number of para-hydroxylation sites is 1. The summed E-state index contributed by atoms with van der Waals surface area (Å²) in [7, 11) is -1.26. The zero-order valence-corrected chi connectivity index (χ0v) is 21.9. The van der Waals surface area contributed by atoms with Crippen LogP contribution in [0.15, 0.2) is 65.5 Å². The molecule has 0 saturated carbocycles. The van der Waals surface area contributed by atoms with Crippen LogP contribution >= 0.6 is 0 Å². The molecule has 0 spiro atoms. The van der Waals surface area contributed by atoms with Crippen LogP contribution in [0.3, 0.4) is 0 Å². The molecule has 5 aromatic rings. The van der Waals surface area contributed by atoms with E-state index in [1.54, 1.807) is 60.0 Å². The summed E-state index contributed by atoms with van der Waals surface area (Å²) in [5.74, 6) is 1.81. The smallest absolute Gasteiger partial charge is 0.243 e. The van der Waals surface area contributed by atoms with Crippen LogP contribution in [0, 0.1) is 6.92 Å². The summed E-state index contributed by atoms with van der Waals surface area (Å²) in [6, 6.07) is 13.9. The van der Waals surface area contributed by atoms with Crippen LogP contribution in [0.25, 0.3) is 22.8 Å². The van der Waals surface area contributed by atoms with Crippen molar-refractivity contribution in [2.75, 3.05) is 18.9 Å². The van der Waals surface area contributed by atoms with Crippen LogP contribution in [-0.4, -0.2) is 57.1 Å². The predicted octanol–water partition coefficient (Wildman–Crippen LogP) is 3.36. The van der Waals surface area contributed by atoms with Crippen molar-refractivity contribution in [1.82, 2.24) is 24.1 Å². The number of anilines is 1. The number of sulfonamides is 1. The van der Waals surface area contributed by atoms with Crippen molar-refractivity contribution in [3.63, 3.8) is 0 Å². The number of aromatic nitrogens is 5. The summed E-state index contributed by atoms with van der Waals surface area (Å²) in [4.78, 5) is 4.24. The third-order valence-corrected chi connectivity index (χ3v) is 7.87. The molecule has 5 rings (SSSR count). The molecule has 0 saturated heterocycles. The molecular weight excluding hydrogens is 512 g/mol. The van der Waals surface area contributed by atoms with Crippen molar-refractivity contribution in [2.45, 2.75) is 25.2 Å². The zero-order valence-electron chi connectivity index (χ0n) is 21.1. The summed E-state index contributed by atoms with van der Waals surface area (Å²) >= 11 is 0. The number of rotatable bonds is 9. The van der Waals surface area contributed by atoms with Gasteiger partial charge in [-0.15, -0.1) is 10.2 Å². The lowest BCUT2D eigenvalue weighted by Crippen LogP contribution is -2.32. The van der Waals surface area contributed by atoms with Gasteiger partial charge in [0.2, 0.25) is 21.8 Å². The molecular formula is C25H26N6O6S. The largest absolute Gasteiger partial charge is 0.494 e. The lowest BCUT2D eigenvalue weighted by molar-refractivity contribution is 0.173. The molecule has 0 unspecified atom stereocenters. The highest BCUT2D eigenvalue weighted by molar-refractivity contribution is 7.93. The molecule has 4 aromatic heterocycles. The first-order valence-corrected chi connectivity index (χ1v) is 13.1. The number of fused-ring (bicyclic) bond motifs is 1. The first kappa shape index (κ1) is 25.3. The number of pyridine rings is 1. The van der Waals surface area contributed by atoms with Crippen molar-refractivity contribution >= 4 is 21.5 Å². The first-order valence-electron chi connectivity index (χ1n) is 11.6. The van der Waals surface area contributed by atoms with Crippen LogP contribution in [0.1, 0.15) is 24.5 Å². The fraction of sp³-hybridized carbons (Fsp3) is 0.240. The molecule has 13 heteroatoms. The fourth-order valence-corrected chi connectivity index (χ4v) is 5.17. The van der Waals surface area contributed by atoms with Gasteiger partial charge < -0.3 is 23.4 Å². The molecule has 2 N–H and O–H groups in total. The minimum Gasteiger partial charge on any atom is -0.494 e. The Morgan fingerprint density at radius 2 is 1.76 bits per heavy atom. The highest BCUT2D eigenvalue weighted by atomic mass is 32.2. The molecule has 12 nitrogen and oxygen atoms in total. The van der Waals surface area contributed by atoms with Gasteiger partial charge in [0, 0.05) is 6.20 Å². The fourth-order valence-electron chi connectivity index (χ4n) is 4.13. The quantitative estimate of drug-likeness (QED) is 0.288. The van der Waals surface area contributed by atoms with Crippen LogP contribution in [0.2, 0.25) is 0 Å². The summed E-state index contributed by atoms with van der Waals surface area (Å²) < 4.78 is 49.6. The van der Waals surface area contributed by atoms with E-state index in [4.69, 9.17) is 13.9 Å². The first-order chi connectivity index (χ1) is 18.2. The van der Waals surface area contributed by atoms with Gasteiger partial charge in [0.05, 0.1) is 31.8 Å². The number of aliphatic hydroxyl groups excluding tert-OH is 1. The number of aryl methyl sites for hydroxylation is 1. The third kappa shape index (κ3) is 4.35. The van der Waals surface area contributed by atoms with E-state index in [1.807, 2.05) is 6.07 Å². The molecule has 4 heterocycles. The Bertz CT molecular complexity index is 1680. The predicted molar refractivity (Wildman–Crippen MR) is 139 cm³/mol. The van der Waals surface area contributed by atoms with Crippen molar-refractivity contribution < 1.29 is 27.4 Å². The van der Waals surface area contributed by atoms with Crippen LogP contribution in [-0.2, 0) is 10.0 Å². The van der Waals surface area contributed by atoms with Gasteiger partial charge in [-0.05, 0) is 50.2 Å². The number of hydrogen-bond acceptors (Lipinski definition) is 9. The van der Waals surface area contributed by atoms with Crippen LogP contribution < -0.4 is 14.2 Å². The SMILES string of the molecule is COc1cccc(OC)c1-n1c(NS(=O)(=O)[C@H](C)[C@H](O)c2ncn3ccccc23)nnc1-c1ccc(C)o1. The minimum atomic E-state index is -4.23. The molecule has 0 aliphatic rings. The van der Waals surface area contributed by atoms with Crippen molar-refractivity contribution in [1.29, 1.82) is 0 Å². The maximum atomic E-state index is 13.5. The van der Waals surface area contributed by atoms with Crippen molar-refractivity contribution in [3.8, 4) is 28.8 Å². The van der Waals surface area contributed by atoms with Gasteiger partial charge in [0.1, 0.15) is 34.3 Å². The maximum absolute atomic E-state index is 13.5. The maximum Gasteiger partial charge on any atom is 0.243 e. The molecule has 1 aromatic carbocycles. The van der Waals surface area contributed by atoms with E-state index in [2.05, 4.69) is 19.9 Å². The summed E-state index contributed by atoms with van der Waals surface area (Å²) in [5.41, 5.74) is 1.19. The van der Waals surface area contributed by atoms with E-state index in [0.717, 1.165) is 0 Å². The molecule has 0 aliphatic carbocycles. The molecule has 38 heavy (non-hydrogen) atoms.